The number of carbonyl (C=O) groups is 1. The number of nitrogens with one attached hydrogen (secondary N) is 2. The normalized spacial score (nSPS) is 15.0. The summed E-state index contributed by atoms with van der Waals surface area (Å²) in [5, 5.41) is 10.5. The van der Waals surface area contributed by atoms with Gasteiger partial charge in [0.15, 0.2) is 5.82 Å². The molecule has 1 fully saturated rings. The maximum Gasteiger partial charge on any atom is 0.276 e. The van der Waals surface area contributed by atoms with Crippen molar-refractivity contribution in [3.8, 4) is 0 Å². The highest BCUT2D eigenvalue weighted by Crippen LogP contribution is 2.23. The molecule has 0 aliphatic carbocycles. The standard InChI is InChI=1S/C14H17BrN6O.ClH/c1-21-14(18-12(20-21)9-4-6-16-7-5-9)19-13(22)11-3-2-10(15)8-17-11;/h2-3,8-9,16H,4-7H2,1H3,(H,18,19,20,22);1H. The van der Waals surface area contributed by atoms with Crippen LogP contribution < -0.4 is 10.6 Å². The van der Waals surface area contributed by atoms with Crippen LogP contribution in [0.1, 0.15) is 35.1 Å². The van der Waals surface area contributed by atoms with E-state index in [9.17, 15) is 4.79 Å². The van der Waals surface area contributed by atoms with Gasteiger partial charge in [-0.05, 0) is 54.0 Å². The summed E-state index contributed by atoms with van der Waals surface area (Å²) in [6.45, 7) is 1.96. The van der Waals surface area contributed by atoms with Gasteiger partial charge in [-0.1, -0.05) is 0 Å². The molecule has 3 heterocycles. The third-order valence-electron chi connectivity index (χ3n) is 3.67. The van der Waals surface area contributed by atoms with Crippen molar-refractivity contribution in [2.75, 3.05) is 18.4 Å². The van der Waals surface area contributed by atoms with Crippen molar-refractivity contribution in [3.05, 3.63) is 34.3 Å². The zero-order chi connectivity index (χ0) is 15.5. The molecule has 124 valence electrons. The largest absolute Gasteiger partial charge is 0.317 e. The Morgan fingerprint density at radius 2 is 2.13 bits per heavy atom. The Labute approximate surface area is 148 Å². The molecule has 1 aliphatic heterocycles. The quantitative estimate of drug-likeness (QED) is 0.823. The topological polar surface area (TPSA) is 84.7 Å². The van der Waals surface area contributed by atoms with Crippen LogP contribution in [0.3, 0.4) is 0 Å². The van der Waals surface area contributed by atoms with E-state index >= 15 is 0 Å². The molecule has 0 atom stereocenters. The van der Waals surface area contributed by atoms with Gasteiger partial charge >= 0.3 is 0 Å². The lowest BCUT2D eigenvalue weighted by molar-refractivity contribution is 0.102. The van der Waals surface area contributed by atoms with E-state index < -0.39 is 0 Å². The van der Waals surface area contributed by atoms with E-state index in [-0.39, 0.29) is 18.3 Å². The van der Waals surface area contributed by atoms with Crippen molar-refractivity contribution in [2.24, 2.45) is 7.05 Å². The fourth-order valence-corrected chi connectivity index (χ4v) is 2.68. The van der Waals surface area contributed by atoms with E-state index in [1.54, 1.807) is 30.1 Å². The summed E-state index contributed by atoms with van der Waals surface area (Å²) in [5.41, 5.74) is 0.342. The molecular formula is C14H18BrClN6O. The van der Waals surface area contributed by atoms with Crippen LogP contribution in [0.5, 0.6) is 0 Å². The van der Waals surface area contributed by atoms with Crippen molar-refractivity contribution < 1.29 is 4.79 Å². The van der Waals surface area contributed by atoms with Crippen molar-refractivity contribution >= 4 is 40.2 Å². The highest BCUT2D eigenvalue weighted by Gasteiger charge is 2.21. The summed E-state index contributed by atoms with van der Waals surface area (Å²) < 4.78 is 2.43. The van der Waals surface area contributed by atoms with Gasteiger partial charge < -0.3 is 5.32 Å². The number of pyridine rings is 1. The molecule has 2 aromatic rings. The second-order valence-electron chi connectivity index (χ2n) is 5.26. The smallest absolute Gasteiger partial charge is 0.276 e. The Kier molecular flexibility index (Phi) is 6.09. The second-order valence-corrected chi connectivity index (χ2v) is 6.17. The molecule has 0 spiro atoms. The molecule has 0 unspecified atom stereocenters. The van der Waals surface area contributed by atoms with Crippen molar-refractivity contribution in [1.29, 1.82) is 0 Å². The molecule has 1 amide bonds. The van der Waals surface area contributed by atoms with Crippen molar-refractivity contribution in [3.63, 3.8) is 0 Å². The Morgan fingerprint density at radius 1 is 1.39 bits per heavy atom. The maximum atomic E-state index is 12.2. The average molecular weight is 402 g/mol. The number of aromatic nitrogens is 4. The van der Waals surface area contributed by atoms with Gasteiger partial charge in [0.2, 0.25) is 5.95 Å². The van der Waals surface area contributed by atoms with Crippen molar-refractivity contribution in [2.45, 2.75) is 18.8 Å². The predicted octanol–water partition coefficient (Wildman–Crippen LogP) is 2.11. The van der Waals surface area contributed by atoms with Crippen LogP contribution >= 0.6 is 28.3 Å². The van der Waals surface area contributed by atoms with Crippen LogP contribution in [0.25, 0.3) is 0 Å². The Balaban J connectivity index is 0.00000192. The fraction of sp³-hybridized carbons (Fsp3) is 0.429. The Hall–Kier alpha value is -1.51. The van der Waals surface area contributed by atoms with Crippen LogP contribution in [-0.2, 0) is 7.05 Å². The van der Waals surface area contributed by atoms with Crippen LogP contribution in [0, 0.1) is 0 Å². The molecule has 9 heteroatoms. The molecule has 0 bridgehead atoms. The third kappa shape index (κ3) is 4.27. The van der Waals surface area contributed by atoms with Gasteiger partial charge in [0, 0.05) is 23.6 Å². The van der Waals surface area contributed by atoms with Gasteiger partial charge in [0.05, 0.1) is 0 Å². The monoisotopic (exact) mass is 400 g/mol. The fourth-order valence-electron chi connectivity index (χ4n) is 2.44. The van der Waals surface area contributed by atoms with E-state index in [0.29, 0.717) is 17.6 Å². The minimum Gasteiger partial charge on any atom is -0.317 e. The summed E-state index contributed by atoms with van der Waals surface area (Å²) in [4.78, 5) is 20.7. The summed E-state index contributed by atoms with van der Waals surface area (Å²) in [6, 6.07) is 3.43. The number of anilines is 1. The molecule has 0 radical (unpaired) electrons. The second kappa shape index (κ2) is 7.85. The third-order valence-corrected chi connectivity index (χ3v) is 4.14. The SMILES string of the molecule is Cl.Cn1nc(C2CCNCC2)nc1NC(=O)c1ccc(Br)cn1. The van der Waals surface area contributed by atoms with Crippen LogP contribution in [0.4, 0.5) is 5.95 Å². The number of piperidine rings is 1. The molecule has 0 aromatic carbocycles. The van der Waals surface area contributed by atoms with E-state index in [1.165, 1.54) is 0 Å². The number of carbonyl (C=O) groups excluding carboxylic acids is 1. The molecular weight excluding hydrogens is 384 g/mol. The van der Waals surface area contributed by atoms with Crippen LogP contribution in [0.2, 0.25) is 0 Å². The number of amides is 1. The van der Waals surface area contributed by atoms with Gasteiger partial charge in [0.25, 0.3) is 5.91 Å². The van der Waals surface area contributed by atoms with Crippen molar-refractivity contribution in [1.82, 2.24) is 25.1 Å². The Morgan fingerprint density at radius 3 is 2.78 bits per heavy atom. The number of hydrogen-bond acceptors (Lipinski definition) is 5. The number of nitrogens with zero attached hydrogens (tertiary/aromatic N) is 4. The summed E-state index contributed by atoms with van der Waals surface area (Å²) in [6.07, 6.45) is 3.63. The van der Waals surface area contributed by atoms with Gasteiger partial charge in [-0.15, -0.1) is 12.4 Å². The molecule has 0 saturated carbocycles. The maximum absolute atomic E-state index is 12.2. The lowest BCUT2D eigenvalue weighted by Crippen LogP contribution is -2.27. The Bertz CT molecular complexity index is 668. The van der Waals surface area contributed by atoms with Crippen LogP contribution in [-0.4, -0.2) is 38.7 Å². The first-order valence-corrected chi connectivity index (χ1v) is 7.97. The average Bonchev–Trinajstić information content (AvgIpc) is 2.90. The van der Waals surface area contributed by atoms with E-state index in [1.807, 2.05) is 0 Å². The number of halogens is 2. The highest BCUT2D eigenvalue weighted by molar-refractivity contribution is 9.10. The lowest BCUT2D eigenvalue weighted by atomic mass is 9.98. The summed E-state index contributed by atoms with van der Waals surface area (Å²) in [5.74, 6) is 1.30. The van der Waals surface area contributed by atoms with E-state index in [2.05, 4.69) is 41.6 Å². The van der Waals surface area contributed by atoms with Gasteiger partial charge in [0.1, 0.15) is 5.69 Å². The zero-order valence-corrected chi connectivity index (χ0v) is 15.0. The first kappa shape index (κ1) is 17.8. The zero-order valence-electron chi connectivity index (χ0n) is 12.6. The summed E-state index contributed by atoms with van der Waals surface area (Å²) >= 11 is 3.29. The van der Waals surface area contributed by atoms with Crippen LogP contribution in [0.15, 0.2) is 22.8 Å². The lowest BCUT2D eigenvalue weighted by Gasteiger charge is -2.19. The van der Waals surface area contributed by atoms with E-state index in [4.69, 9.17) is 0 Å². The first-order chi connectivity index (χ1) is 10.6. The molecule has 1 saturated heterocycles. The van der Waals surface area contributed by atoms with Gasteiger partial charge in [-0.25, -0.2) is 9.67 Å². The molecule has 2 aromatic heterocycles. The molecule has 7 nitrogen and oxygen atoms in total. The molecule has 2 N–H and O–H groups in total. The predicted molar refractivity (Wildman–Crippen MR) is 93.0 cm³/mol. The minimum atomic E-state index is -0.292. The first-order valence-electron chi connectivity index (χ1n) is 7.18. The minimum absolute atomic E-state index is 0. The molecule has 1 aliphatic rings. The molecule has 3 rings (SSSR count). The number of rotatable bonds is 3. The van der Waals surface area contributed by atoms with Gasteiger partial charge in [-0.2, -0.15) is 10.1 Å². The number of hydrogen-bond donors (Lipinski definition) is 2. The highest BCUT2D eigenvalue weighted by atomic mass is 79.9. The number of aryl methyl sites for hydroxylation is 1. The van der Waals surface area contributed by atoms with Gasteiger partial charge in [-0.3, -0.25) is 10.1 Å². The summed E-state index contributed by atoms with van der Waals surface area (Å²) in [7, 11) is 1.78. The van der Waals surface area contributed by atoms with E-state index in [0.717, 1.165) is 36.2 Å². The molecule has 23 heavy (non-hydrogen) atoms.